The summed E-state index contributed by atoms with van der Waals surface area (Å²) < 4.78 is 10.3. The van der Waals surface area contributed by atoms with Gasteiger partial charge in [0.2, 0.25) is 5.82 Å². The Balaban J connectivity index is 1.65. The lowest BCUT2D eigenvalue weighted by molar-refractivity contribution is -0.385. The molecule has 2 aromatic carbocycles. The third kappa shape index (κ3) is 4.22. The van der Waals surface area contributed by atoms with Crippen molar-refractivity contribution in [3.63, 3.8) is 0 Å². The molecule has 144 valence electrons. The van der Waals surface area contributed by atoms with E-state index < -0.39 is 10.9 Å². The standard InChI is InChI=1S/C20H19N3O5/c1-12(2)14-4-6-15(7-5-14)19-21-18(28-22-19)11-27-20(24)16-8-9-17(23(25)26)13(3)10-16/h4-10,12H,11H2,1-3H3. The first-order chi connectivity index (χ1) is 13.3. The summed E-state index contributed by atoms with van der Waals surface area (Å²) in [5, 5.41) is 14.8. The van der Waals surface area contributed by atoms with Gasteiger partial charge < -0.3 is 9.26 Å². The van der Waals surface area contributed by atoms with Crippen LogP contribution in [0, 0.1) is 17.0 Å². The number of aryl methyl sites for hydroxylation is 1. The summed E-state index contributed by atoms with van der Waals surface area (Å²) >= 11 is 0. The van der Waals surface area contributed by atoms with Gasteiger partial charge in [0.05, 0.1) is 10.5 Å². The van der Waals surface area contributed by atoms with E-state index in [0.717, 1.165) is 5.56 Å². The van der Waals surface area contributed by atoms with Crippen molar-refractivity contribution >= 4 is 11.7 Å². The summed E-state index contributed by atoms with van der Waals surface area (Å²) in [6.07, 6.45) is 0. The maximum atomic E-state index is 12.1. The highest BCUT2D eigenvalue weighted by atomic mass is 16.6. The fourth-order valence-electron chi connectivity index (χ4n) is 2.65. The normalized spacial score (nSPS) is 10.9. The second kappa shape index (κ2) is 7.99. The molecule has 0 unspecified atom stereocenters. The molecule has 1 aromatic heterocycles. The van der Waals surface area contributed by atoms with Gasteiger partial charge in [0.15, 0.2) is 6.61 Å². The lowest BCUT2D eigenvalue weighted by atomic mass is 10.0. The minimum absolute atomic E-state index is 0.0541. The van der Waals surface area contributed by atoms with E-state index in [-0.39, 0.29) is 23.7 Å². The molecule has 0 N–H and O–H groups in total. The molecule has 1 heterocycles. The highest BCUT2D eigenvalue weighted by molar-refractivity contribution is 5.90. The van der Waals surface area contributed by atoms with Crippen LogP contribution in [-0.4, -0.2) is 21.0 Å². The third-order valence-electron chi connectivity index (χ3n) is 4.26. The van der Waals surface area contributed by atoms with Crippen LogP contribution in [0.15, 0.2) is 47.0 Å². The smallest absolute Gasteiger partial charge is 0.338 e. The summed E-state index contributed by atoms with van der Waals surface area (Å²) in [6.45, 7) is 5.60. The largest absolute Gasteiger partial charge is 0.452 e. The average molecular weight is 381 g/mol. The minimum atomic E-state index is -0.626. The first-order valence-electron chi connectivity index (χ1n) is 8.70. The molecule has 0 aliphatic carbocycles. The van der Waals surface area contributed by atoms with E-state index in [1.807, 2.05) is 24.3 Å². The van der Waals surface area contributed by atoms with Gasteiger partial charge in [-0.1, -0.05) is 43.3 Å². The Morgan fingerprint density at radius 3 is 2.54 bits per heavy atom. The number of hydrogen-bond acceptors (Lipinski definition) is 7. The number of hydrogen-bond donors (Lipinski definition) is 0. The van der Waals surface area contributed by atoms with E-state index >= 15 is 0 Å². The van der Waals surface area contributed by atoms with Crippen LogP contribution in [0.25, 0.3) is 11.4 Å². The van der Waals surface area contributed by atoms with Crippen molar-refractivity contribution in [2.24, 2.45) is 0 Å². The minimum Gasteiger partial charge on any atom is -0.452 e. The highest BCUT2D eigenvalue weighted by Crippen LogP contribution is 2.22. The van der Waals surface area contributed by atoms with Crippen LogP contribution in [0.2, 0.25) is 0 Å². The monoisotopic (exact) mass is 381 g/mol. The van der Waals surface area contributed by atoms with Gasteiger partial charge in [-0.25, -0.2) is 4.79 Å². The Labute approximate surface area is 161 Å². The van der Waals surface area contributed by atoms with Crippen molar-refractivity contribution in [3.8, 4) is 11.4 Å². The van der Waals surface area contributed by atoms with Crippen LogP contribution in [-0.2, 0) is 11.3 Å². The predicted octanol–water partition coefficient (Wildman–Crippen LogP) is 4.43. The molecule has 0 amide bonds. The first kappa shape index (κ1) is 19.2. The van der Waals surface area contributed by atoms with Crippen molar-refractivity contribution in [2.75, 3.05) is 0 Å². The molecule has 0 aliphatic heterocycles. The Kier molecular flexibility index (Phi) is 5.49. The molecular formula is C20H19N3O5. The van der Waals surface area contributed by atoms with E-state index in [4.69, 9.17) is 9.26 Å². The molecule has 0 bridgehead atoms. The molecule has 0 saturated carbocycles. The van der Waals surface area contributed by atoms with Crippen LogP contribution >= 0.6 is 0 Å². The maximum Gasteiger partial charge on any atom is 0.338 e. The predicted molar refractivity (Wildman–Crippen MR) is 101 cm³/mol. The SMILES string of the molecule is Cc1cc(C(=O)OCc2nc(-c3ccc(C(C)C)cc3)no2)ccc1[N+](=O)[O-]. The van der Waals surface area contributed by atoms with Gasteiger partial charge in [-0.2, -0.15) is 4.98 Å². The van der Waals surface area contributed by atoms with Crippen molar-refractivity contribution in [1.82, 2.24) is 10.1 Å². The maximum absolute atomic E-state index is 12.1. The van der Waals surface area contributed by atoms with Gasteiger partial charge in [-0.05, 0) is 30.5 Å². The van der Waals surface area contributed by atoms with E-state index in [9.17, 15) is 14.9 Å². The van der Waals surface area contributed by atoms with Gasteiger partial charge in [0, 0.05) is 17.2 Å². The highest BCUT2D eigenvalue weighted by Gasteiger charge is 2.16. The number of esters is 1. The summed E-state index contributed by atoms with van der Waals surface area (Å²) in [5.41, 5.74) is 2.55. The van der Waals surface area contributed by atoms with E-state index in [1.165, 1.54) is 23.8 Å². The molecule has 28 heavy (non-hydrogen) atoms. The number of carbonyl (C=O) groups is 1. The van der Waals surface area contributed by atoms with Gasteiger partial charge in [0.1, 0.15) is 0 Å². The fraction of sp³-hybridized carbons (Fsp3) is 0.250. The topological polar surface area (TPSA) is 108 Å². The van der Waals surface area contributed by atoms with Crippen LogP contribution in [0.5, 0.6) is 0 Å². The van der Waals surface area contributed by atoms with Crippen molar-refractivity contribution in [3.05, 3.63) is 75.2 Å². The van der Waals surface area contributed by atoms with Crippen LogP contribution in [0.4, 0.5) is 5.69 Å². The molecule has 0 saturated heterocycles. The lowest BCUT2D eigenvalue weighted by Gasteiger charge is -2.04. The number of rotatable bonds is 6. The number of carbonyl (C=O) groups excluding carboxylic acids is 1. The van der Waals surface area contributed by atoms with Crippen LogP contribution in [0.1, 0.15) is 47.1 Å². The zero-order valence-corrected chi connectivity index (χ0v) is 15.7. The van der Waals surface area contributed by atoms with Gasteiger partial charge >= 0.3 is 5.97 Å². The Morgan fingerprint density at radius 2 is 1.93 bits per heavy atom. The summed E-state index contributed by atoms with van der Waals surface area (Å²) in [6, 6.07) is 11.9. The van der Waals surface area contributed by atoms with Crippen molar-refractivity contribution in [2.45, 2.75) is 33.3 Å². The van der Waals surface area contributed by atoms with E-state index in [2.05, 4.69) is 24.0 Å². The second-order valence-electron chi connectivity index (χ2n) is 6.62. The second-order valence-corrected chi connectivity index (χ2v) is 6.62. The first-order valence-corrected chi connectivity index (χ1v) is 8.70. The molecular weight excluding hydrogens is 362 g/mol. The van der Waals surface area contributed by atoms with Gasteiger partial charge in [-0.15, -0.1) is 0 Å². The molecule has 0 aliphatic rings. The Morgan fingerprint density at radius 1 is 1.21 bits per heavy atom. The van der Waals surface area contributed by atoms with E-state index in [0.29, 0.717) is 17.3 Å². The quantitative estimate of drug-likeness (QED) is 0.353. The summed E-state index contributed by atoms with van der Waals surface area (Å²) in [4.78, 5) is 26.7. The number of aromatic nitrogens is 2. The molecule has 8 heteroatoms. The molecule has 8 nitrogen and oxygen atoms in total. The summed E-state index contributed by atoms with van der Waals surface area (Å²) in [5.74, 6) is 0.374. The number of nitrogens with zero attached hydrogens (tertiary/aromatic N) is 3. The number of ether oxygens (including phenoxy) is 1. The molecule has 0 radical (unpaired) electrons. The zero-order valence-electron chi connectivity index (χ0n) is 15.7. The van der Waals surface area contributed by atoms with Crippen molar-refractivity contribution in [1.29, 1.82) is 0 Å². The zero-order chi connectivity index (χ0) is 20.3. The Hall–Kier alpha value is -3.55. The van der Waals surface area contributed by atoms with Crippen LogP contribution in [0.3, 0.4) is 0 Å². The van der Waals surface area contributed by atoms with Gasteiger partial charge in [-0.3, -0.25) is 10.1 Å². The molecule has 3 rings (SSSR count). The van der Waals surface area contributed by atoms with Gasteiger partial charge in [0.25, 0.3) is 11.6 Å². The average Bonchev–Trinajstić information content (AvgIpc) is 3.14. The lowest BCUT2D eigenvalue weighted by Crippen LogP contribution is -2.06. The number of nitro groups is 1. The van der Waals surface area contributed by atoms with Crippen molar-refractivity contribution < 1.29 is 19.0 Å². The molecule has 0 spiro atoms. The number of nitro benzene ring substituents is 1. The summed E-state index contributed by atoms with van der Waals surface area (Å²) in [7, 11) is 0. The Bertz CT molecular complexity index is 1010. The van der Waals surface area contributed by atoms with E-state index in [1.54, 1.807) is 6.92 Å². The molecule has 3 aromatic rings. The van der Waals surface area contributed by atoms with Crippen LogP contribution < -0.4 is 0 Å². The third-order valence-corrected chi connectivity index (χ3v) is 4.26. The number of benzene rings is 2. The molecule has 0 atom stereocenters. The fourth-order valence-corrected chi connectivity index (χ4v) is 2.65. The molecule has 0 fully saturated rings.